The Balaban J connectivity index is 1.36. The lowest BCUT2D eigenvalue weighted by molar-refractivity contribution is 1.17. The van der Waals surface area contributed by atoms with E-state index in [2.05, 4.69) is 111 Å². The summed E-state index contributed by atoms with van der Waals surface area (Å²) in [6.45, 7) is 8.17. The molecule has 0 amide bonds. The van der Waals surface area contributed by atoms with Gasteiger partial charge in [0.2, 0.25) is 0 Å². The first-order valence-corrected chi connectivity index (χ1v) is 17.3. The second-order valence-electron chi connectivity index (χ2n) is 12.6. The van der Waals surface area contributed by atoms with E-state index in [9.17, 15) is 10.5 Å². The third-order valence-corrected chi connectivity index (χ3v) is 11.1. The van der Waals surface area contributed by atoms with Gasteiger partial charge in [-0.3, -0.25) is 0 Å². The fourth-order valence-corrected chi connectivity index (χ4v) is 8.96. The molecule has 10 rings (SSSR count). The number of nitrogens with zero attached hydrogens (tertiary/aromatic N) is 5. The van der Waals surface area contributed by atoms with Gasteiger partial charge in [-0.25, -0.2) is 4.85 Å². The number of hydrogen-bond acceptors (Lipinski definition) is 3. The van der Waals surface area contributed by atoms with Gasteiger partial charge in [0.05, 0.1) is 45.5 Å². The predicted octanol–water partition coefficient (Wildman–Crippen LogP) is 12.2. The summed E-state index contributed by atoms with van der Waals surface area (Å²) in [4.78, 5) is 3.94. The van der Waals surface area contributed by atoms with Crippen molar-refractivity contribution in [1.29, 1.82) is 10.5 Å². The lowest BCUT2D eigenvalue weighted by Crippen LogP contribution is -2.01. The van der Waals surface area contributed by atoms with Crippen LogP contribution < -0.4 is 0 Å². The normalized spacial score (nSPS) is 11.5. The van der Waals surface area contributed by atoms with Crippen LogP contribution in [-0.4, -0.2) is 9.13 Å². The van der Waals surface area contributed by atoms with Crippen molar-refractivity contribution in [1.82, 2.24) is 9.13 Å². The van der Waals surface area contributed by atoms with Crippen LogP contribution in [0.5, 0.6) is 0 Å². The topological polar surface area (TPSA) is 61.8 Å². The molecule has 0 aliphatic rings. The van der Waals surface area contributed by atoms with Crippen molar-refractivity contribution in [2.45, 2.75) is 0 Å². The molecule has 0 saturated heterocycles. The average molecular weight is 666 g/mol. The molecule has 10 aromatic rings. The summed E-state index contributed by atoms with van der Waals surface area (Å²) in [5, 5.41) is 27.4. The molecule has 0 radical (unpaired) electrons. The zero-order valence-electron chi connectivity index (χ0n) is 26.9. The van der Waals surface area contributed by atoms with Crippen LogP contribution in [0.1, 0.15) is 11.1 Å². The monoisotopic (exact) mass is 665 g/mol. The van der Waals surface area contributed by atoms with Gasteiger partial charge in [0, 0.05) is 53.0 Å². The van der Waals surface area contributed by atoms with Crippen molar-refractivity contribution in [2.75, 3.05) is 0 Å². The van der Waals surface area contributed by atoms with Gasteiger partial charge >= 0.3 is 0 Å². The molecule has 3 aromatic heterocycles. The maximum absolute atomic E-state index is 10.3. The standard InChI is InChI=1S/C45H23N5S/c1-48-30-20-27(21-31(24-30)49-38-14-6-2-10-32(38)33-11-3-7-15-39(33)49)37-22-28(25-46)29(26-47)23-41(37)50-40-16-8-4-12-34(40)35-18-19-43-44(45(35)50)36-13-5-9-17-42(36)51-43/h2-24H. The van der Waals surface area contributed by atoms with Gasteiger partial charge in [0.1, 0.15) is 12.1 Å². The van der Waals surface area contributed by atoms with Crippen LogP contribution in [-0.2, 0) is 0 Å². The highest BCUT2D eigenvalue weighted by Gasteiger charge is 2.23. The summed E-state index contributed by atoms with van der Waals surface area (Å²) in [6, 6.07) is 52.0. The minimum Gasteiger partial charge on any atom is -0.310 e. The Morgan fingerprint density at radius 3 is 1.80 bits per heavy atom. The number of benzene rings is 7. The molecule has 0 saturated carbocycles. The fourth-order valence-electron chi connectivity index (χ4n) is 7.85. The highest BCUT2D eigenvalue weighted by molar-refractivity contribution is 7.26. The molecule has 0 atom stereocenters. The summed E-state index contributed by atoms with van der Waals surface area (Å²) in [5.41, 5.74) is 8.35. The van der Waals surface area contributed by atoms with Crippen molar-refractivity contribution < 1.29 is 0 Å². The van der Waals surface area contributed by atoms with Gasteiger partial charge in [0.15, 0.2) is 5.69 Å². The number of para-hydroxylation sites is 3. The third-order valence-electron chi connectivity index (χ3n) is 9.97. The van der Waals surface area contributed by atoms with Crippen molar-refractivity contribution >= 4 is 80.8 Å². The second-order valence-corrected chi connectivity index (χ2v) is 13.7. The molecule has 0 N–H and O–H groups in total. The summed E-state index contributed by atoms with van der Waals surface area (Å²) in [6.07, 6.45) is 0. The smallest absolute Gasteiger partial charge is 0.189 e. The quantitative estimate of drug-likeness (QED) is 0.176. The Bertz CT molecular complexity index is 3190. The minimum absolute atomic E-state index is 0.287. The number of thiophene rings is 1. The lowest BCUT2D eigenvalue weighted by atomic mass is 9.96. The Morgan fingerprint density at radius 2 is 1.14 bits per heavy atom. The van der Waals surface area contributed by atoms with Crippen LogP contribution >= 0.6 is 11.3 Å². The first-order valence-electron chi connectivity index (χ1n) is 16.5. The molecule has 0 spiro atoms. The molecule has 0 aliphatic heterocycles. The van der Waals surface area contributed by atoms with Gasteiger partial charge in [-0.2, -0.15) is 10.5 Å². The van der Waals surface area contributed by atoms with Crippen LogP contribution in [0.3, 0.4) is 0 Å². The number of aromatic nitrogens is 2. The Kier molecular flexibility index (Phi) is 6.17. The average Bonchev–Trinajstić information content (AvgIpc) is 3.85. The first kappa shape index (κ1) is 28.8. The van der Waals surface area contributed by atoms with Crippen molar-refractivity contribution in [3.8, 4) is 34.6 Å². The van der Waals surface area contributed by atoms with Crippen molar-refractivity contribution in [3.05, 3.63) is 162 Å². The molecule has 5 nitrogen and oxygen atoms in total. The maximum Gasteiger partial charge on any atom is 0.189 e. The minimum atomic E-state index is 0.287. The number of rotatable bonds is 3. The van der Waals surface area contributed by atoms with Gasteiger partial charge in [0.25, 0.3) is 0 Å². The fraction of sp³-hybridized carbons (Fsp3) is 0. The first-order chi connectivity index (χ1) is 25.2. The van der Waals surface area contributed by atoms with Crippen molar-refractivity contribution in [3.63, 3.8) is 0 Å². The Morgan fingerprint density at radius 1 is 0.549 bits per heavy atom. The van der Waals surface area contributed by atoms with E-state index in [1.54, 1.807) is 11.3 Å². The Labute approximate surface area is 296 Å². The highest BCUT2D eigenvalue weighted by Crippen LogP contribution is 2.45. The van der Waals surface area contributed by atoms with Crippen LogP contribution in [0, 0.1) is 29.2 Å². The van der Waals surface area contributed by atoms with E-state index in [0.29, 0.717) is 11.3 Å². The van der Waals surface area contributed by atoms with Crippen LogP contribution in [0.15, 0.2) is 140 Å². The highest BCUT2D eigenvalue weighted by atomic mass is 32.1. The van der Waals surface area contributed by atoms with Gasteiger partial charge in [-0.1, -0.05) is 78.9 Å². The zero-order valence-corrected chi connectivity index (χ0v) is 27.7. The van der Waals surface area contributed by atoms with Crippen molar-refractivity contribution in [2.24, 2.45) is 0 Å². The molecule has 0 bridgehead atoms. The molecule has 7 aromatic carbocycles. The third kappa shape index (κ3) is 4.11. The molecule has 6 heteroatoms. The van der Waals surface area contributed by atoms with Crippen LogP contribution in [0.4, 0.5) is 5.69 Å². The van der Waals surface area contributed by atoms with E-state index in [-0.39, 0.29) is 5.56 Å². The summed E-state index contributed by atoms with van der Waals surface area (Å²) in [5.74, 6) is 0. The Hall–Kier alpha value is -7.17. The SMILES string of the molecule is [C-]#[N+]c1cc(-c2cc(C#N)c(C#N)cc2-n2c3ccccc3c3ccc4sc5ccccc5c4c32)cc(-n2c3ccccc3c3ccccc32)c1. The van der Waals surface area contributed by atoms with E-state index in [1.807, 2.05) is 54.6 Å². The number of fused-ring (bicyclic) bond motifs is 10. The molecule has 0 fully saturated rings. The zero-order chi connectivity index (χ0) is 34.2. The lowest BCUT2D eigenvalue weighted by Gasteiger charge is -2.18. The van der Waals surface area contributed by atoms with Gasteiger partial charge in [-0.15, -0.1) is 11.3 Å². The molecule has 51 heavy (non-hydrogen) atoms. The van der Waals surface area contributed by atoms with E-state index in [1.165, 1.54) is 14.8 Å². The van der Waals surface area contributed by atoms with E-state index >= 15 is 0 Å². The summed E-state index contributed by atoms with van der Waals surface area (Å²) < 4.78 is 6.84. The summed E-state index contributed by atoms with van der Waals surface area (Å²) in [7, 11) is 0. The summed E-state index contributed by atoms with van der Waals surface area (Å²) >= 11 is 1.77. The maximum atomic E-state index is 10.3. The van der Waals surface area contributed by atoms with Crippen LogP contribution in [0.2, 0.25) is 0 Å². The molecular formula is C45H23N5S. The number of nitriles is 2. The molecule has 0 unspecified atom stereocenters. The molecule has 234 valence electrons. The van der Waals surface area contributed by atoms with Gasteiger partial charge in [-0.05, 0) is 66.2 Å². The molecule has 3 heterocycles. The van der Waals surface area contributed by atoms with E-state index in [0.717, 1.165) is 71.5 Å². The largest absolute Gasteiger partial charge is 0.310 e. The molecular weight excluding hydrogens is 643 g/mol. The van der Waals surface area contributed by atoms with E-state index < -0.39 is 0 Å². The predicted molar refractivity (Wildman–Crippen MR) is 209 cm³/mol. The number of hydrogen-bond donors (Lipinski definition) is 0. The van der Waals surface area contributed by atoms with Gasteiger partial charge < -0.3 is 9.13 Å². The second kappa shape index (κ2) is 10.9. The van der Waals surface area contributed by atoms with E-state index in [4.69, 9.17) is 6.57 Å². The van der Waals surface area contributed by atoms with Crippen LogP contribution in [0.25, 0.3) is 91.1 Å². The molecule has 0 aliphatic carbocycles.